The van der Waals surface area contributed by atoms with E-state index >= 15 is 0 Å². The van der Waals surface area contributed by atoms with Crippen LogP contribution in [0, 0.1) is 11.6 Å². The molecule has 1 amide bonds. The normalized spacial score (nSPS) is 16.1. The third kappa shape index (κ3) is 10.0. The van der Waals surface area contributed by atoms with Crippen molar-refractivity contribution >= 4 is 33.8 Å². The van der Waals surface area contributed by atoms with Gasteiger partial charge in [-0.1, -0.05) is 48.5 Å². The molecule has 8 N–H and O–H groups in total. The van der Waals surface area contributed by atoms with Gasteiger partial charge in [0.1, 0.15) is 39.9 Å². The minimum Gasteiger partial charge on any atom is -0.465 e. The summed E-state index contributed by atoms with van der Waals surface area (Å²) in [6.07, 6.45) is 2.08. The fourth-order valence-corrected chi connectivity index (χ4v) is 6.45. The van der Waals surface area contributed by atoms with Crippen LogP contribution in [0.15, 0.2) is 93.8 Å². The van der Waals surface area contributed by atoms with Gasteiger partial charge in [0.2, 0.25) is 0 Å². The van der Waals surface area contributed by atoms with Gasteiger partial charge in [0.05, 0.1) is 25.9 Å². The highest BCUT2D eigenvalue weighted by Crippen LogP contribution is 2.32. The third-order valence-electron chi connectivity index (χ3n) is 9.36. The lowest BCUT2D eigenvalue weighted by Crippen LogP contribution is -2.28. The number of esters is 1. The largest absolute Gasteiger partial charge is 0.465 e. The van der Waals surface area contributed by atoms with E-state index in [0.29, 0.717) is 45.5 Å². The Balaban J connectivity index is 0.000000202. The van der Waals surface area contributed by atoms with E-state index in [1.54, 1.807) is 12.1 Å². The molecule has 12 nitrogen and oxygen atoms in total. The number of amides is 1. The molecule has 4 aromatic carbocycles. The van der Waals surface area contributed by atoms with Crippen molar-refractivity contribution in [3.8, 4) is 22.6 Å². The molecule has 0 spiro atoms. The lowest BCUT2D eigenvalue weighted by molar-refractivity contribution is 0.0601. The predicted octanol–water partition coefficient (Wildman–Crippen LogP) is 6.89. The molecule has 0 aliphatic carbocycles. The number of benzene rings is 4. The van der Waals surface area contributed by atoms with Crippen LogP contribution in [0.4, 0.5) is 8.78 Å². The first-order valence-corrected chi connectivity index (χ1v) is 17.8. The fraction of sp³-hybridized carbons (Fsp3) is 0.286. The number of carbonyl (C=O) groups is 2. The molecule has 14 heteroatoms. The molecule has 2 saturated heterocycles. The second kappa shape index (κ2) is 19.4. The van der Waals surface area contributed by atoms with Crippen molar-refractivity contribution in [3.63, 3.8) is 0 Å². The summed E-state index contributed by atoms with van der Waals surface area (Å²) >= 11 is 0. The molecule has 8 rings (SSSR count). The molecule has 0 radical (unpaired) electrons. The standard InChI is InChI=1S/C21H20FNO4.C20H19FN2O3.CH4O.H3N/c1-25-21(24)18-10-16(22)8-15-9-19(27-20(15)18)14-4-2-13(3-5-14)11-23-17-6-7-26-12-17;21-15-7-14-8-18(26-19(14)17(9-15)20(22)24)13-3-1-12(2-4-13)10-23-16-5-6-25-11-16;1-2;/h2-5,8-10,17,23H,6-7,11-12H2,1H3;1-4,7-9,16,23H,5-6,10-11H2,(H2,22,24);2H,1H3;1H3/t17-;16-;;/m11../s1. The lowest BCUT2D eigenvalue weighted by atomic mass is 10.1. The van der Waals surface area contributed by atoms with E-state index in [2.05, 4.69) is 10.6 Å². The number of ether oxygens (including phenoxy) is 3. The van der Waals surface area contributed by atoms with Crippen molar-refractivity contribution < 1.29 is 46.5 Å². The molecule has 2 atom stereocenters. The van der Waals surface area contributed by atoms with Gasteiger partial charge in [-0.25, -0.2) is 13.6 Å². The van der Waals surface area contributed by atoms with Gasteiger partial charge >= 0.3 is 5.97 Å². The van der Waals surface area contributed by atoms with Crippen molar-refractivity contribution in [1.29, 1.82) is 0 Å². The Morgan fingerprint density at radius 2 is 1.14 bits per heavy atom. The molecule has 4 heterocycles. The maximum absolute atomic E-state index is 13.8. The van der Waals surface area contributed by atoms with E-state index in [4.69, 9.17) is 33.9 Å². The number of aliphatic hydroxyl groups excluding tert-OH is 1. The van der Waals surface area contributed by atoms with Gasteiger partial charge in [-0.3, -0.25) is 4.79 Å². The van der Waals surface area contributed by atoms with E-state index in [9.17, 15) is 18.4 Å². The van der Waals surface area contributed by atoms with Crippen LogP contribution < -0.4 is 22.5 Å². The van der Waals surface area contributed by atoms with Crippen LogP contribution >= 0.6 is 0 Å². The molecular formula is C42H46F2N4O8. The van der Waals surface area contributed by atoms with E-state index in [0.717, 1.165) is 93.9 Å². The van der Waals surface area contributed by atoms with E-state index < -0.39 is 23.5 Å². The Hall–Kier alpha value is -5.48. The maximum Gasteiger partial charge on any atom is 0.341 e. The summed E-state index contributed by atoms with van der Waals surface area (Å²) in [6, 6.07) is 25.0. The first-order chi connectivity index (χ1) is 26.7. The zero-order chi connectivity index (χ0) is 38.9. The number of carbonyl (C=O) groups excluding carboxylic acids is 2. The van der Waals surface area contributed by atoms with Gasteiger partial charge in [-0.2, -0.15) is 0 Å². The molecule has 0 bridgehead atoms. The maximum atomic E-state index is 13.8. The first-order valence-electron chi connectivity index (χ1n) is 17.8. The van der Waals surface area contributed by atoms with E-state index in [1.165, 1.54) is 19.2 Å². The van der Waals surface area contributed by atoms with Crippen LogP contribution in [0.3, 0.4) is 0 Å². The molecular weight excluding hydrogens is 726 g/mol. The minimum atomic E-state index is -0.715. The van der Waals surface area contributed by atoms with Crippen molar-refractivity contribution in [3.05, 3.63) is 119 Å². The van der Waals surface area contributed by atoms with Crippen molar-refractivity contribution in [1.82, 2.24) is 16.8 Å². The van der Waals surface area contributed by atoms with Gasteiger partial charge in [-0.05, 0) is 60.4 Å². The highest BCUT2D eigenvalue weighted by molar-refractivity contribution is 6.05. The highest BCUT2D eigenvalue weighted by Gasteiger charge is 2.19. The molecule has 2 aliphatic heterocycles. The van der Waals surface area contributed by atoms with Crippen LogP contribution in [0.5, 0.6) is 0 Å². The Morgan fingerprint density at radius 1 is 0.714 bits per heavy atom. The zero-order valence-electron chi connectivity index (χ0n) is 31.2. The average molecular weight is 773 g/mol. The molecule has 6 aromatic rings. The molecule has 0 unspecified atom stereocenters. The summed E-state index contributed by atoms with van der Waals surface area (Å²) in [5, 5.41) is 15.0. The van der Waals surface area contributed by atoms with Crippen LogP contribution in [0.1, 0.15) is 44.7 Å². The van der Waals surface area contributed by atoms with Gasteiger partial charge < -0.3 is 50.7 Å². The minimum absolute atomic E-state index is 0. The van der Waals surface area contributed by atoms with Crippen LogP contribution in [-0.2, 0) is 27.3 Å². The van der Waals surface area contributed by atoms with Crippen LogP contribution in [0.25, 0.3) is 44.6 Å². The highest BCUT2D eigenvalue weighted by atomic mass is 19.1. The Bertz CT molecular complexity index is 2230. The number of methoxy groups -OCH3 is 1. The quantitative estimate of drug-likeness (QED) is 0.0911. The van der Waals surface area contributed by atoms with E-state index in [1.807, 2.05) is 48.5 Å². The number of nitrogens with two attached hydrogens (primary N) is 1. The third-order valence-corrected chi connectivity index (χ3v) is 9.36. The molecule has 296 valence electrons. The van der Waals surface area contributed by atoms with Crippen LogP contribution in [0.2, 0.25) is 0 Å². The van der Waals surface area contributed by atoms with Gasteiger partial charge in [0, 0.05) is 67.4 Å². The molecule has 2 aliphatic rings. The average Bonchev–Trinajstić information content (AvgIpc) is 4.05. The summed E-state index contributed by atoms with van der Waals surface area (Å²) < 4.78 is 54.5. The summed E-state index contributed by atoms with van der Waals surface area (Å²) in [6.45, 7) is 4.69. The van der Waals surface area contributed by atoms with Crippen molar-refractivity contribution in [2.45, 2.75) is 38.0 Å². The monoisotopic (exact) mass is 772 g/mol. The van der Waals surface area contributed by atoms with Gasteiger partial charge in [-0.15, -0.1) is 0 Å². The molecule has 56 heavy (non-hydrogen) atoms. The van der Waals surface area contributed by atoms with Crippen molar-refractivity contribution in [2.75, 3.05) is 40.6 Å². The molecule has 2 aromatic heterocycles. The topological polar surface area (TPSA) is 193 Å². The second-order valence-corrected chi connectivity index (χ2v) is 13.1. The number of halogens is 2. The van der Waals surface area contributed by atoms with Crippen molar-refractivity contribution in [2.24, 2.45) is 5.73 Å². The lowest BCUT2D eigenvalue weighted by Gasteiger charge is -2.10. The smallest absolute Gasteiger partial charge is 0.341 e. The number of hydrogen-bond donors (Lipinski definition) is 5. The van der Waals surface area contributed by atoms with Crippen LogP contribution in [-0.4, -0.2) is 69.7 Å². The summed E-state index contributed by atoms with van der Waals surface area (Å²) in [4.78, 5) is 23.4. The Labute approximate surface area is 322 Å². The summed E-state index contributed by atoms with van der Waals surface area (Å²) in [5.41, 5.74) is 10.1. The van der Waals surface area contributed by atoms with E-state index in [-0.39, 0.29) is 17.3 Å². The Kier molecular flexibility index (Phi) is 14.4. The molecule has 0 saturated carbocycles. The number of aliphatic hydroxyl groups is 1. The number of hydrogen-bond acceptors (Lipinski definition) is 11. The predicted molar refractivity (Wildman–Crippen MR) is 208 cm³/mol. The SMILES string of the molecule is CO.COC(=O)c1cc(F)cc2cc(-c3ccc(CN[C@@H]4CCOC4)cc3)oc12.N.NC(=O)c1cc(F)cc2cc(-c3ccc(CN[C@@H]4CCOC4)cc3)oc12. The summed E-state index contributed by atoms with van der Waals surface area (Å²) in [7, 11) is 2.26. The summed E-state index contributed by atoms with van der Waals surface area (Å²) in [5.74, 6) is -1.23. The number of rotatable bonds is 10. The number of nitrogens with one attached hydrogen (secondary N) is 2. The Morgan fingerprint density at radius 3 is 1.54 bits per heavy atom. The number of primary amides is 1. The number of furan rings is 2. The second-order valence-electron chi connectivity index (χ2n) is 13.1. The van der Waals surface area contributed by atoms with Gasteiger partial charge in [0.15, 0.2) is 0 Å². The number of fused-ring (bicyclic) bond motifs is 2. The first kappa shape index (κ1) is 41.7. The zero-order valence-corrected chi connectivity index (χ0v) is 31.2. The van der Waals surface area contributed by atoms with Gasteiger partial charge in [0.25, 0.3) is 5.91 Å². The fourth-order valence-electron chi connectivity index (χ4n) is 6.45. The molecule has 2 fully saturated rings.